The smallest absolute Gasteiger partial charge is 0.0316 e. The van der Waals surface area contributed by atoms with Crippen LogP contribution in [0.25, 0.3) is 0 Å². The first-order valence-corrected chi connectivity index (χ1v) is 5.95. The van der Waals surface area contributed by atoms with Gasteiger partial charge in [-0.25, -0.2) is 0 Å². The Morgan fingerprint density at radius 1 is 0.357 bits per heavy atom. The van der Waals surface area contributed by atoms with Gasteiger partial charge in [-0.3, -0.25) is 0 Å². The second kappa shape index (κ2) is 8.80. The fraction of sp³-hybridized carbons (Fsp3) is 0.571. The Morgan fingerprint density at radius 3 is 1.00 bits per heavy atom. The van der Waals surface area contributed by atoms with Gasteiger partial charge in [0, 0.05) is 0 Å². The van der Waals surface area contributed by atoms with Gasteiger partial charge in [0.2, 0.25) is 0 Å². The number of hydrogen-bond acceptors (Lipinski definition) is 0. The summed E-state index contributed by atoms with van der Waals surface area (Å²) in [6, 6.07) is 0. The van der Waals surface area contributed by atoms with Crippen LogP contribution >= 0.6 is 0 Å². The van der Waals surface area contributed by atoms with Gasteiger partial charge in [-0.1, -0.05) is 36.5 Å². The zero-order valence-electron chi connectivity index (χ0n) is 9.12. The average molecular weight is 190 g/mol. The molecule has 0 amide bonds. The fourth-order valence-corrected chi connectivity index (χ4v) is 1.62. The summed E-state index contributed by atoms with van der Waals surface area (Å²) in [6.45, 7) is 0. The van der Waals surface area contributed by atoms with Crippen LogP contribution in [-0.2, 0) is 0 Å². The first kappa shape index (κ1) is 11.3. The summed E-state index contributed by atoms with van der Waals surface area (Å²) in [5.41, 5.74) is 0. The molecule has 0 spiro atoms. The molecule has 0 aromatic carbocycles. The molecule has 0 heteroatoms. The maximum atomic E-state index is 2.34. The second-order valence-corrected chi connectivity index (χ2v) is 3.85. The summed E-state index contributed by atoms with van der Waals surface area (Å²) < 4.78 is 0. The lowest BCUT2D eigenvalue weighted by atomic mass is 10.1. The van der Waals surface area contributed by atoms with Crippen LogP contribution in [0.1, 0.15) is 51.4 Å². The molecule has 1 rings (SSSR count). The molecule has 0 nitrogen and oxygen atoms in total. The summed E-state index contributed by atoms with van der Waals surface area (Å²) in [7, 11) is 0. The third kappa shape index (κ3) is 6.71. The molecule has 0 N–H and O–H groups in total. The van der Waals surface area contributed by atoms with Gasteiger partial charge in [0.1, 0.15) is 0 Å². The molecule has 78 valence electrons. The molecule has 0 aromatic heterocycles. The van der Waals surface area contributed by atoms with Crippen LogP contribution in [0.4, 0.5) is 0 Å². The SMILES string of the molecule is C1=CCCC=CCCCCC=CCC1. The fourth-order valence-electron chi connectivity index (χ4n) is 1.62. The summed E-state index contributed by atoms with van der Waals surface area (Å²) in [5.74, 6) is 0. The van der Waals surface area contributed by atoms with Crippen LogP contribution in [-0.4, -0.2) is 0 Å². The van der Waals surface area contributed by atoms with Crippen molar-refractivity contribution in [1.29, 1.82) is 0 Å². The predicted octanol–water partition coefficient (Wildman–Crippen LogP) is 4.79. The van der Waals surface area contributed by atoms with Gasteiger partial charge in [0.25, 0.3) is 0 Å². The number of hydrogen-bond donors (Lipinski definition) is 0. The Balaban J connectivity index is 2.25. The predicted molar refractivity (Wildman–Crippen MR) is 64.4 cm³/mol. The minimum atomic E-state index is 1.21. The van der Waals surface area contributed by atoms with Crippen molar-refractivity contribution in [2.75, 3.05) is 0 Å². The molecule has 0 atom stereocenters. The van der Waals surface area contributed by atoms with Crippen molar-refractivity contribution >= 4 is 0 Å². The van der Waals surface area contributed by atoms with Gasteiger partial charge in [0.15, 0.2) is 0 Å². The van der Waals surface area contributed by atoms with E-state index in [-0.39, 0.29) is 0 Å². The largest absolute Gasteiger partial charge is 0.0885 e. The van der Waals surface area contributed by atoms with Gasteiger partial charge in [-0.15, -0.1) is 0 Å². The molecule has 0 heterocycles. The first-order valence-electron chi connectivity index (χ1n) is 5.95. The summed E-state index contributed by atoms with van der Waals surface area (Å²) in [4.78, 5) is 0. The molecule has 0 saturated heterocycles. The maximum Gasteiger partial charge on any atom is -0.0316 e. The van der Waals surface area contributed by atoms with Crippen LogP contribution in [0.5, 0.6) is 0 Å². The molecule has 0 saturated carbocycles. The van der Waals surface area contributed by atoms with Gasteiger partial charge in [-0.05, 0) is 51.4 Å². The highest BCUT2D eigenvalue weighted by atomic mass is 13.9. The van der Waals surface area contributed by atoms with E-state index in [0.717, 1.165) is 0 Å². The molecule has 0 fully saturated rings. The quantitative estimate of drug-likeness (QED) is 0.482. The molecule has 0 aromatic rings. The van der Waals surface area contributed by atoms with Crippen LogP contribution in [0.15, 0.2) is 36.5 Å². The normalized spacial score (nSPS) is 20.6. The molecule has 1 aliphatic carbocycles. The average Bonchev–Trinajstić information content (AvgIpc) is 2.22. The highest BCUT2D eigenvalue weighted by molar-refractivity contribution is 4.91. The molecular formula is C14H22. The molecule has 0 aliphatic heterocycles. The van der Waals surface area contributed by atoms with Crippen LogP contribution < -0.4 is 0 Å². The van der Waals surface area contributed by atoms with E-state index in [1.807, 2.05) is 0 Å². The minimum Gasteiger partial charge on any atom is -0.0885 e. The Hall–Kier alpha value is -0.780. The Morgan fingerprint density at radius 2 is 0.643 bits per heavy atom. The van der Waals surface area contributed by atoms with E-state index in [0.29, 0.717) is 0 Å². The van der Waals surface area contributed by atoms with Crippen LogP contribution in [0, 0.1) is 0 Å². The Labute approximate surface area is 88.4 Å². The third-order valence-electron chi connectivity index (χ3n) is 2.49. The zero-order chi connectivity index (χ0) is 9.90. The van der Waals surface area contributed by atoms with Crippen molar-refractivity contribution < 1.29 is 0 Å². The van der Waals surface area contributed by atoms with Gasteiger partial charge in [0.05, 0.1) is 0 Å². The zero-order valence-corrected chi connectivity index (χ0v) is 9.12. The second-order valence-electron chi connectivity index (χ2n) is 3.85. The molecular weight excluding hydrogens is 168 g/mol. The lowest BCUT2D eigenvalue weighted by Gasteiger charge is -1.95. The van der Waals surface area contributed by atoms with E-state index in [9.17, 15) is 0 Å². The summed E-state index contributed by atoms with van der Waals surface area (Å²) >= 11 is 0. The van der Waals surface area contributed by atoms with E-state index in [1.54, 1.807) is 0 Å². The molecule has 0 unspecified atom stereocenters. The van der Waals surface area contributed by atoms with E-state index in [2.05, 4.69) is 36.5 Å². The molecule has 14 heavy (non-hydrogen) atoms. The van der Waals surface area contributed by atoms with Crippen molar-refractivity contribution in [3.8, 4) is 0 Å². The van der Waals surface area contributed by atoms with Gasteiger partial charge in [-0.2, -0.15) is 0 Å². The van der Waals surface area contributed by atoms with E-state index in [1.165, 1.54) is 51.4 Å². The highest BCUT2D eigenvalue weighted by Gasteiger charge is 1.85. The van der Waals surface area contributed by atoms with Gasteiger partial charge >= 0.3 is 0 Å². The van der Waals surface area contributed by atoms with Crippen molar-refractivity contribution in [3.63, 3.8) is 0 Å². The molecule has 1 aliphatic rings. The monoisotopic (exact) mass is 190 g/mol. The highest BCUT2D eigenvalue weighted by Crippen LogP contribution is 2.05. The summed E-state index contributed by atoms with van der Waals surface area (Å²) in [5, 5.41) is 0. The molecule has 0 bridgehead atoms. The minimum absolute atomic E-state index is 1.21. The number of rotatable bonds is 0. The summed E-state index contributed by atoms with van der Waals surface area (Å²) in [6.07, 6.45) is 24.0. The Kier molecular flexibility index (Phi) is 7.10. The Bertz CT molecular complexity index is 174. The van der Waals surface area contributed by atoms with Gasteiger partial charge < -0.3 is 0 Å². The van der Waals surface area contributed by atoms with Crippen molar-refractivity contribution in [1.82, 2.24) is 0 Å². The standard InChI is InChI=1S/C14H22/c1-2-4-6-8-10-12-14-13-11-9-7-5-3-1/h1-2,7-10H,3-6,11-14H2. The van der Waals surface area contributed by atoms with E-state index in [4.69, 9.17) is 0 Å². The first-order chi connectivity index (χ1) is 7.00. The van der Waals surface area contributed by atoms with Crippen molar-refractivity contribution in [2.45, 2.75) is 51.4 Å². The van der Waals surface area contributed by atoms with Crippen LogP contribution in [0.3, 0.4) is 0 Å². The van der Waals surface area contributed by atoms with Crippen molar-refractivity contribution in [2.24, 2.45) is 0 Å². The third-order valence-corrected chi connectivity index (χ3v) is 2.49. The maximum absolute atomic E-state index is 2.34. The van der Waals surface area contributed by atoms with Crippen LogP contribution in [0.2, 0.25) is 0 Å². The topological polar surface area (TPSA) is 0 Å². The number of allylic oxidation sites excluding steroid dienone is 6. The lowest BCUT2D eigenvalue weighted by molar-refractivity contribution is 0.758. The van der Waals surface area contributed by atoms with E-state index < -0.39 is 0 Å². The lowest BCUT2D eigenvalue weighted by Crippen LogP contribution is -1.75. The van der Waals surface area contributed by atoms with E-state index >= 15 is 0 Å². The van der Waals surface area contributed by atoms with Crippen molar-refractivity contribution in [3.05, 3.63) is 36.5 Å². The molecule has 0 radical (unpaired) electrons.